The molecule has 0 aliphatic rings. The third kappa shape index (κ3) is 1.49. The molecule has 2 rings (SSSR count). The molecule has 0 fully saturated rings. The quantitative estimate of drug-likeness (QED) is 0.765. The summed E-state index contributed by atoms with van der Waals surface area (Å²) in [6.07, 6.45) is 4.91. The molecule has 6 heteroatoms. The van der Waals surface area contributed by atoms with Crippen molar-refractivity contribution < 1.29 is 0 Å². The number of aromatic nitrogens is 4. The second-order valence-corrected chi connectivity index (χ2v) is 4.20. The van der Waals surface area contributed by atoms with Crippen LogP contribution in [0.2, 0.25) is 0 Å². The van der Waals surface area contributed by atoms with Crippen LogP contribution in [-0.4, -0.2) is 20.2 Å². The number of hydrogen-bond donors (Lipinski definition) is 0. The van der Waals surface area contributed by atoms with Crippen molar-refractivity contribution >= 4 is 27.3 Å². The van der Waals surface area contributed by atoms with E-state index in [0.717, 1.165) is 14.6 Å². The van der Waals surface area contributed by atoms with Crippen LogP contribution in [0.1, 0.15) is 0 Å². The molecule has 0 atom stereocenters. The highest BCUT2D eigenvalue weighted by Gasteiger charge is 2.04. The van der Waals surface area contributed by atoms with Crippen LogP contribution < -0.4 is 0 Å². The van der Waals surface area contributed by atoms with Gasteiger partial charge in [0.15, 0.2) is 8.92 Å². The molecule has 2 heterocycles. The summed E-state index contributed by atoms with van der Waals surface area (Å²) >= 11 is 4.66. The molecule has 0 saturated carbocycles. The molecule has 0 spiro atoms. The van der Waals surface area contributed by atoms with Gasteiger partial charge in [0, 0.05) is 12.4 Å². The Bertz CT molecular complexity index is 374. The minimum absolute atomic E-state index is 0.751. The van der Waals surface area contributed by atoms with E-state index in [1.807, 2.05) is 0 Å². The second kappa shape index (κ2) is 3.24. The molecule has 2 aromatic heterocycles. The van der Waals surface area contributed by atoms with E-state index in [0.29, 0.717) is 0 Å². The van der Waals surface area contributed by atoms with Crippen LogP contribution in [0.15, 0.2) is 22.5 Å². The molecule has 0 saturated heterocycles. The standard InChI is InChI=1S/C6H3BrN4S/c7-6-11-10-5(12-6)4-3-8-1-2-9-4/h1-3H. The van der Waals surface area contributed by atoms with E-state index >= 15 is 0 Å². The monoisotopic (exact) mass is 242 g/mol. The van der Waals surface area contributed by atoms with Gasteiger partial charge < -0.3 is 0 Å². The second-order valence-electron chi connectivity index (χ2n) is 1.95. The van der Waals surface area contributed by atoms with Crippen LogP contribution in [0.4, 0.5) is 0 Å². The van der Waals surface area contributed by atoms with E-state index < -0.39 is 0 Å². The first-order chi connectivity index (χ1) is 5.86. The molecule has 4 nitrogen and oxygen atoms in total. The molecule has 0 N–H and O–H groups in total. The van der Waals surface area contributed by atoms with Crippen molar-refractivity contribution in [2.75, 3.05) is 0 Å². The lowest BCUT2D eigenvalue weighted by atomic mass is 10.5. The Balaban J connectivity index is 2.45. The Morgan fingerprint density at radius 3 is 2.75 bits per heavy atom. The molecule has 0 bridgehead atoms. The maximum absolute atomic E-state index is 4.09. The zero-order valence-electron chi connectivity index (χ0n) is 5.81. The fourth-order valence-corrected chi connectivity index (χ4v) is 1.79. The molecule has 0 aromatic carbocycles. The topological polar surface area (TPSA) is 51.6 Å². The Morgan fingerprint density at radius 2 is 2.17 bits per heavy atom. The highest BCUT2D eigenvalue weighted by Crippen LogP contribution is 2.23. The smallest absolute Gasteiger partial charge is 0.183 e. The average Bonchev–Trinajstić information content (AvgIpc) is 2.54. The van der Waals surface area contributed by atoms with Gasteiger partial charge >= 0.3 is 0 Å². The fourth-order valence-electron chi connectivity index (χ4n) is 0.718. The van der Waals surface area contributed by atoms with Crippen LogP contribution in [0.25, 0.3) is 10.7 Å². The van der Waals surface area contributed by atoms with Crippen molar-refractivity contribution in [3.8, 4) is 10.7 Å². The summed E-state index contributed by atoms with van der Waals surface area (Å²) in [5.41, 5.74) is 0.751. The minimum Gasteiger partial charge on any atom is -0.261 e. The number of rotatable bonds is 1. The number of nitrogens with zero attached hydrogens (tertiary/aromatic N) is 4. The first-order valence-corrected chi connectivity index (χ1v) is 4.72. The molecular formula is C6H3BrN4S. The van der Waals surface area contributed by atoms with Crippen molar-refractivity contribution in [3.63, 3.8) is 0 Å². The highest BCUT2D eigenvalue weighted by molar-refractivity contribution is 9.11. The predicted octanol–water partition coefficient (Wildman–Crippen LogP) is 1.76. The minimum atomic E-state index is 0.751. The van der Waals surface area contributed by atoms with Crippen molar-refractivity contribution in [2.45, 2.75) is 0 Å². The van der Waals surface area contributed by atoms with Crippen molar-refractivity contribution in [1.82, 2.24) is 20.2 Å². The van der Waals surface area contributed by atoms with E-state index in [2.05, 4.69) is 36.1 Å². The fraction of sp³-hybridized carbons (Fsp3) is 0. The summed E-state index contributed by atoms with van der Waals surface area (Å²) in [5.74, 6) is 0. The largest absolute Gasteiger partial charge is 0.261 e. The van der Waals surface area contributed by atoms with Gasteiger partial charge in [-0.25, -0.2) is 0 Å². The van der Waals surface area contributed by atoms with Crippen molar-refractivity contribution in [3.05, 3.63) is 22.5 Å². The molecule has 0 amide bonds. The van der Waals surface area contributed by atoms with Gasteiger partial charge in [0.25, 0.3) is 0 Å². The average molecular weight is 243 g/mol. The molecule has 0 unspecified atom stereocenters. The van der Waals surface area contributed by atoms with Gasteiger partial charge in [-0.3, -0.25) is 9.97 Å². The maximum atomic E-state index is 4.09. The highest BCUT2D eigenvalue weighted by atomic mass is 79.9. The summed E-state index contributed by atoms with van der Waals surface area (Å²) in [6.45, 7) is 0. The van der Waals surface area contributed by atoms with E-state index in [-0.39, 0.29) is 0 Å². The Kier molecular flexibility index (Phi) is 2.09. The third-order valence-electron chi connectivity index (χ3n) is 1.18. The first-order valence-electron chi connectivity index (χ1n) is 3.11. The molecule has 2 aromatic rings. The maximum Gasteiger partial charge on any atom is 0.183 e. The lowest BCUT2D eigenvalue weighted by Crippen LogP contribution is -1.82. The van der Waals surface area contributed by atoms with Crippen LogP contribution >= 0.6 is 27.3 Å². The number of halogens is 1. The zero-order chi connectivity index (χ0) is 8.39. The van der Waals surface area contributed by atoms with Gasteiger partial charge in [0.1, 0.15) is 5.69 Å². The van der Waals surface area contributed by atoms with E-state index in [9.17, 15) is 0 Å². The van der Waals surface area contributed by atoms with E-state index in [4.69, 9.17) is 0 Å². The third-order valence-corrected chi connectivity index (χ3v) is 2.56. The Morgan fingerprint density at radius 1 is 1.25 bits per heavy atom. The van der Waals surface area contributed by atoms with Gasteiger partial charge in [0.2, 0.25) is 0 Å². The Labute approximate surface area is 80.8 Å². The zero-order valence-corrected chi connectivity index (χ0v) is 8.21. The van der Waals surface area contributed by atoms with Gasteiger partial charge in [-0.2, -0.15) is 0 Å². The molecule has 0 aliphatic heterocycles. The van der Waals surface area contributed by atoms with Gasteiger partial charge in [-0.05, 0) is 15.9 Å². The molecule has 0 radical (unpaired) electrons. The molecule has 60 valence electrons. The first kappa shape index (κ1) is 7.75. The lowest BCUT2D eigenvalue weighted by molar-refractivity contribution is 1.06. The predicted molar refractivity (Wildman–Crippen MR) is 48.6 cm³/mol. The van der Waals surface area contributed by atoms with Crippen LogP contribution in [0.5, 0.6) is 0 Å². The van der Waals surface area contributed by atoms with E-state index in [1.165, 1.54) is 11.3 Å². The SMILES string of the molecule is Brc1nnc(-c2cnccn2)s1. The van der Waals surface area contributed by atoms with Crippen LogP contribution in [-0.2, 0) is 0 Å². The van der Waals surface area contributed by atoms with Gasteiger partial charge in [-0.15, -0.1) is 10.2 Å². The van der Waals surface area contributed by atoms with Gasteiger partial charge in [0.05, 0.1) is 6.20 Å². The van der Waals surface area contributed by atoms with Crippen LogP contribution in [0, 0.1) is 0 Å². The summed E-state index contributed by atoms with van der Waals surface area (Å²) in [7, 11) is 0. The van der Waals surface area contributed by atoms with Crippen LogP contribution in [0.3, 0.4) is 0 Å². The van der Waals surface area contributed by atoms with Gasteiger partial charge in [-0.1, -0.05) is 11.3 Å². The summed E-state index contributed by atoms with van der Waals surface area (Å²) in [5, 5.41) is 8.49. The lowest BCUT2D eigenvalue weighted by Gasteiger charge is -1.88. The summed E-state index contributed by atoms with van der Waals surface area (Å²) in [4.78, 5) is 8.02. The molecule has 0 aliphatic carbocycles. The molecule has 12 heavy (non-hydrogen) atoms. The summed E-state index contributed by atoms with van der Waals surface area (Å²) in [6, 6.07) is 0. The summed E-state index contributed by atoms with van der Waals surface area (Å²) < 4.78 is 0.753. The van der Waals surface area contributed by atoms with Crippen molar-refractivity contribution in [2.24, 2.45) is 0 Å². The molecular weight excluding hydrogens is 240 g/mol. The van der Waals surface area contributed by atoms with E-state index in [1.54, 1.807) is 18.6 Å². The normalized spacial score (nSPS) is 10.1. The Hall–Kier alpha value is -0.880. The number of hydrogen-bond acceptors (Lipinski definition) is 5. The van der Waals surface area contributed by atoms with Crippen molar-refractivity contribution in [1.29, 1.82) is 0 Å².